The average Bonchev–Trinajstić information content (AvgIpc) is 2.69. The molecule has 0 unspecified atom stereocenters. The quantitative estimate of drug-likeness (QED) is 0.609. The lowest BCUT2D eigenvalue weighted by atomic mass is 10.2. The summed E-state index contributed by atoms with van der Waals surface area (Å²) in [4.78, 5) is 12.2. The molecule has 0 saturated heterocycles. The molecule has 0 bridgehead atoms. The van der Waals surface area contributed by atoms with Crippen LogP contribution in [0.15, 0.2) is 89.8 Å². The molecule has 0 aliphatic rings. The zero-order valence-electron chi connectivity index (χ0n) is 15.3. The van der Waals surface area contributed by atoms with E-state index >= 15 is 0 Å². The molecule has 0 aliphatic heterocycles. The molecule has 5 nitrogen and oxygen atoms in total. The molecular weight excluding hydrogens is 372 g/mol. The predicted octanol–water partition coefficient (Wildman–Crippen LogP) is 4.45. The Morgan fingerprint density at radius 1 is 0.821 bits per heavy atom. The second kappa shape index (κ2) is 8.54. The molecule has 3 aromatic rings. The molecule has 0 aromatic heterocycles. The van der Waals surface area contributed by atoms with E-state index in [4.69, 9.17) is 0 Å². The number of carbonyl (C=O) groups is 1. The van der Waals surface area contributed by atoms with Crippen molar-refractivity contribution in [1.29, 1.82) is 0 Å². The number of amides is 1. The van der Waals surface area contributed by atoms with E-state index in [0.29, 0.717) is 11.4 Å². The number of aryl methyl sites for hydroxylation is 1. The van der Waals surface area contributed by atoms with Gasteiger partial charge in [0.1, 0.15) is 0 Å². The van der Waals surface area contributed by atoms with Crippen molar-refractivity contribution < 1.29 is 13.2 Å². The van der Waals surface area contributed by atoms with Crippen LogP contribution < -0.4 is 10.0 Å². The number of hydrogen-bond acceptors (Lipinski definition) is 3. The van der Waals surface area contributed by atoms with Crippen LogP contribution in [-0.2, 0) is 14.8 Å². The first-order chi connectivity index (χ1) is 13.4. The van der Waals surface area contributed by atoms with Gasteiger partial charge in [0.25, 0.3) is 10.0 Å². The molecule has 6 heteroatoms. The van der Waals surface area contributed by atoms with Gasteiger partial charge in [-0.1, -0.05) is 48.0 Å². The Hall–Kier alpha value is -3.38. The van der Waals surface area contributed by atoms with Crippen LogP contribution in [0.3, 0.4) is 0 Å². The first-order valence-corrected chi connectivity index (χ1v) is 10.1. The molecule has 0 fully saturated rings. The van der Waals surface area contributed by atoms with Gasteiger partial charge in [0, 0.05) is 17.5 Å². The number of anilines is 2. The minimum atomic E-state index is -3.65. The Morgan fingerprint density at radius 3 is 2.07 bits per heavy atom. The number of carbonyl (C=O) groups excluding carboxylic acids is 1. The van der Waals surface area contributed by atoms with Crippen molar-refractivity contribution >= 4 is 33.4 Å². The van der Waals surface area contributed by atoms with Crippen LogP contribution in [0, 0.1) is 6.92 Å². The van der Waals surface area contributed by atoms with E-state index in [2.05, 4.69) is 10.0 Å². The smallest absolute Gasteiger partial charge is 0.261 e. The van der Waals surface area contributed by atoms with E-state index in [1.165, 1.54) is 6.08 Å². The van der Waals surface area contributed by atoms with Gasteiger partial charge in [-0.15, -0.1) is 0 Å². The van der Waals surface area contributed by atoms with Crippen molar-refractivity contribution in [3.63, 3.8) is 0 Å². The van der Waals surface area contributed by atoms with Gasteiger partial charge in [0.15, 0.2) is 0 Å². The van der Waals surface area contributed by atoms with Gasteiger partial charge in [0.05, 0.1) is 4.90 Å². The minimum Gasteiger partial charge on any atom is -0.323 e. The fraction of sp³-hybridized carbons (Fsp3) is 0.0455. The molecule has 3 rings (SSSR count). The maximum atomic E-state index is 12.4. The summed E-state index contributed by atoms with van der Waals surface area (Å²) in [6.07, 6.45) is 3.17. The Morgan fingerprint density at radius 2 is 1.43 bits per heavy atom. The molecule has 0 aliphatic carbocycles. The number of benzene rings is 3. The molecule has 3 aromatic carbocycles. The van der Waals surface area contributed by atoms with E-state index in [1.54, 1.807) is 54.6 Å². The van der Waals surface area contributed by atoms with Crippen LogP contribution in [0.2, 0.25) is 0 Å². The third-order valence-corrected chi connectivity index (χ3v) is 5.36. The third-order valence-electron chi connectivity index (χ3n) is 3.96. The van der Waals surface area contributed by atoms with Gasteiger partial charge < -0.3 is 5.32 Å². The Bertz CT molecular complexity index is 1070. The highest BCUT2D eigenvalue weighted by Gasteiger charge is 2.13. The summed E-state index contributed by atoms with van der Waals surface area (Å²) in [5.41, 5.74) is 2.90. The molecule has 0 radical (unpaired) electrons. The summed E-state index contributed by atoms with van der Waals surface area (Å²) < 4.78 is 27.3. The first-order valence-electron chi connectivity index (χ1n) is 8.66. The molecule has 0 atom stereocenters. The van der Waals surface area contributed by atoms with Gasteiger partial charge in [-0.05, 0) is 55.0 Å². The second-order valence-electron chi connectivity index (χ2n) is 6.23. The summed E-state index contributed by atoms with van der Waals surface area (Å²) in [6, 6.07) is 22.6. The molecule has 142 valence electrons. The largest absolute Gasteiger partial charge is 0.323 e. The van der Waals surface area contributed by atoms with Crippen molar-refractivity contribution in [3.05, 3.63) is 96.1 Å². The maximum Gasteiger partial charge on any atom is 0.261 e. The normalized spacial score (nSPS) is 11.3. The second-order valence-corrected chi connectivity index (χ2v) is 7.91. The molecule has 2 N–H and O–H groups in total. The number of sulfonamides is 1. The van der Waals surface area contributed by atoms with Gasteiger partial charge in [-0.25, -0.2) is 8.42 Å². The van der Waals surface area contributed by atoms with Crippen LogP contribution in [-0.4, -0.2) is 14.3 Å². The van der Waals surface area contributed by atoms with Crippen LogP contribution in [0.1, 0.15) is 11.1 Å². The fourth-order valence-electron chi connectivity index (χ4n) is 2.47. The Balaban J connectivity index is 1.62. The van der Waals surface area contributed by atoms with Crippen LogP contribution >= 0.6 is 0 Å². The lowest BCUT2D eigenvalue weighted by Gasteiger charge is -2.09. The van der Waals surface area contributed by atoms with Crippen LogP contribution in [0.25, 0.3) is 6.08 Å². The lowest BCUT2D eigenvalue weighted by molar-refractivity contribution is -0.111. The fourth-order valence-corrected chi connectivity index (χ4v) is 3.53. The molecule has 0 heterocycles. The summed E-state index contributed by atoms with van der Waals surface area (Å²) in [5.74, 6) is -0.267. The van der Waals surface area contributed by atoms with Crippen molar-refractivity contribution in [1.82, 2.24) is 0 Å². The predicted molar refractivity (Wildman–Crippen MR) is 113 cm³/mol. The highest BCUT2D eigenvalue weighted by atomic mass is 32.2. The van der Waals surface area contributed by atoms with Crippen molar-refractivity contribution in [2.24, 2.45) is 0 Å². The number of rotatable bonds is 6. The average molecular weight is 392 g/mol. The number of nitrogens with one attached hydrogen (secondary N) is 2. The zero-order chi connectivity index (χ0) is 20.0. The SMILES string of the molecule is Cc1ccc(S(=O)(=O)Nc2ccc(NC(=O)/C=C\c3ccccc3)cc2)cc1. The monoisotopic (exact) mass is 392 g/mol. The Kier molecular flexibility index (Phi) is 5.91. The van der Waals surface area contributed by atoms with Gasteiger partial charge in [-0.3, -0.25) is 9.52 Å². The highest BCUT2D eigenvalue weighted by molar-refractivity contribution is 7.92. The summed E-state index contributed by atoms with van der Waals surface area (Å²) in [5, 5.41) is 2.74. The molecule has 28 heavy (non-hydrogen) atoms. The topological polar surface area (TPSA) is 75.3 Å². The number of hydrogen-bond donors (Lipinski definition) is 2. The van der Waals surface area contributed by atoms with Crippen LogP contribution in [0.5, 0.6) is 0 Å². The van der Waals surface area contributed by atoms with Crippen molar-refractivity contribution in [2.45, 2.75) is 11.8 Å². The van der Waals surface area contributed by atoms with E-state index in [-0.39, 0.29) is 10.8 Å². The maximum absolute atomic E-state index is 12.4. The van der Waals surface area contributed by atoms with E-state index in [1.807, 2.05) is 37.3 Å². The summed E-state index contributed by atoms with van der Waals surface area (Å²) >= 11 is 0. The van der Waals surface area contributed by atoms with E-state index < -0.39 is 10.0 Å². The first kappa shape index (κ1) is 19.4. The molecule has 1 amide bonds. The highest BCUT2D eigenvalue weighted by Crippen LogP contribution is 2.19. The van der Waals surface area contributed by atoms with Crippen LogP contribution in [0.4, 0.5) is 11.4 Å². The zero-order valence-corrected chi connectivity index (χ0v) is 16.1. The van der Waals surface area contributed by atoms with Crippen molar-refractivity contribution in [2.75, 3.05) is 10.0 Å². The molecular formula is C22H20N2O3S. The summed E-state index contributed by atoms with van der Waals surface area (Å²) in [7, 11) is -3.65. The molecule has 0 saturated carbocycles. The van der Waals surface area contributed by atoms with Gasteiger partial charge >= 0.3 is 0 Å². The minimum absolute atomic E-state index is 0.196. The van der Waals surface area contributed by atoms with E-state index in [9.17, 15) is 13.2 Å². The standard InChI is InChI=1S/C22H20N2O3S/c1-17-7-14-21(15-8-17)28(26,27)24-20-12-10-19(11-13-20)23-22(25)16-9-18-5-3-2-4-6-18/h2-16,24H,1H3,(H,23,25)/b16-9-. The van der Waals surface area contributed by atoms with Gasteiger partial charge in [0.2, 0.25) is 5.91 Å². The lowest BCUT2D eigenvalue weighted by Crippen LogP contribution is -2.13. The summed E-state index contributed by atoms with van der Waals surface area (Å²) in [6.45, 7) is 1.89. The molecule has 0 spiro atoms. The van der Waals surface area contributed by atoms with Gasteiger partial charge in [-0.2, -0.15) is 0 Å². The third kappa shape index (κ3) is 5.31. The van der Waals surface area contributed by atoms with E-state index in [0.717, 1.165) is 11.1 Å². The van der Waals surface area contributed by atoms with Crippen molar-refractivity contribution in [3.8, 4) is 0 Å². The Labute approximate surface area is 164 Å².